The van der Waals surface area contributed by atoms with E-state index in [0.717, 1.165) is 5.56 Å². The number of rotatable bonds is 4. The standard InChI is InChI=1S/C15H16ClN3O2/c1-3-12-7-15(21)19(9-17-12)8-14(20)18-13-6-11(16)5-4-10(13)2/h4-7,9H,3,8H2,1-2H3,(H,18,20). The molecular formula is C15H16ClN3O2. The molecule has 0 unspecified atom stereocenters. The van der Waals surface area contributed by atoms with E-state index in [-0.39, 0.29) is 18.0 Å². The van der Waals surface area contributed by atoms with Gasteiger partial charge in [0, 0.05) is 22.5 Å². The lowest BCUT2D eigenvalue weighted by atomic mass is 10.2. The summed E-state index contributed by atoms with van der Waals surface area (Å²) < 4.78 is 1.27. The third-order valence-corrected chi connectivity index (χ3v) is 3.32. The molecule has 110 valence electrons. The number of nitrogens with one attached hydrogen (secondary N) is 1. The van der Waals surface area contributed by atoms with Crippen LogP contribution in [0.3, 0.4) is 0 Å². The van der Waals surface area contributed by atoms with Gasteiger partial charge in [0.25, 0.3) is 5.56 Å². The molecule has 1 aromatic carbocycles. The van der Waals surface area contributed by atoms with Gasteiger partial charge in [-0.2, -0.15) is 0 Å². The van der Waals surface area contributed by atoms with Gasteiger partial charge in [-0.05, 0) is 31.0 Å². The number of anilines is 1. The molecule has 0 saturated carbocycles. The van der Waals surface area contributed by atoms with Gasteiger partial charge in [0.2, 0.25) is 5.91 Å². The highest BCUT2D eigenvalue weighted by molar-refractivity contribution is 6.31. The van der Waals surface area contributed by atoms with Crippen molar-refractivity contribution in [2.24, 2.45) is 0 Å². The SMILES string of the molecule is CCc1cc(=O)n(CC(=O)Nc2cc(Cl)ccc2C)cn1. The van der Waals surface area contributed by atoms with Gasteiger partial charge in [0.1, 0.15) is 6.54 Å². The topological polar surface area (TPSA) is 64.0 Å². The van der Waals surface area contributed by atoms with Crippen molar-refractivity contribution in [1.29, 1.82) is 0 Å². The fraction of sp³-hybridized carbons (Fsp3) is 0.267. The first-order valence-corrected chi connectivity index (χ1v) is 6.98. The smallest absolute Gasteiger partial charge is 0.253 e. The van der Waals surface area contributed by atoms with E-state index < -0.39 is 0 Å². The maximum atomic E-state index is 12.0. The van der Waals surface area contributed by atoms with Crippen molar-refractivity contribution in [1.82, 2.24) is 9.55 Å². The van der Waals surface area contributed by atoms with Crippen LogP contribution in [0.5, 0.6) is 0 Å². The van der Waals surface area contributed by atoms with Gasteiger partial charge in [-0.3, -0.25) is 14.2 Å². The monoisotopic (exact) mass is 305 g/mol. The number of aromatic nitrogens is 2. The van der Waals surface area contributed by atoms with Crippen LogP contribution in [-0.4, -0.2) is 15.5 Å². The summed E-state index contributed by atoms with van der Waals surface area (Å²) in [4.78, 5) is 28.0. The zero-order valence-electron chi connectivity index (χ0n) is 11.9. The second-order valence-corrected chi connectivity index (χ2v) is 5.14. The first kappa shape index (κ1) is 15.3. The number of benzene rings is 1. The van der Waals surface area contributed by atoms with E-state index in [1.807, 2.05) is 19.9 Å². The molecule has 0 saturated heterocycles. The molecule has 0 fully saturated rings. The van der Waals surface area contributed by atoms with Crippen molar-refractivity contribution < 1.29 is 4.79 Å². The van der Waals surface area contributed by atoms with Gasteiger partial charge in [0.05, 0.1) is 6.33 Å². The van der Waals surface area contributed by atoms with Crippen molar-refractivity contribution in [3.8, 4) is 0 Å². The van der Waals surface area contributed by atoms with Crippen LogP contribution in [0.25, 0.3) is 0 Å². The van der Waals surface area contributed by atoms with Crippen LogP contribution in [0.4, 0.5) is 5.69 Å². The van der Waals surface area contributed by atoms with Crippen LogP contribution in [-0.2, 0) is 17.8 Å². The van der Waals surface area contributed by atoms with Gasteiger partial charge in [-0.15, -0.1) is 0 Å². The summed E-state index contributed by atoms with van der Waals surface area (Å²) in [6, 6.07) is 6.69. The Kier molecular flexibility index (Phi) is 4.75. The highest BCUT2D eigenvalue weighted by Crippen LogP contribution is 2.20. The van der Waals surface area contributed by atoms with E-state index in [4.69, 9.17) is 11.6 Å². The van der Waals surface area contributed by atoms with Gasteiger partial charge in [0.15, 0.2) is 0 Å². The molecule has 0 atom stereocenters. The van der Waals surface area contributed by atoms with Crippen LogP contribution >= 0.6 is 11.6 Å². The minimum absolute atomic E-state index is 0.0816. The molecule has 0 spiro atoms. The minimum Gasteiger partial charge on any atom is -0.324 e. The third kappa shape index (κ3) is 3.92. The summed E-state index contributed by atoms with van der Waals surface area (Å²) in [5.74, 6) is -0.298. The number of amides is 1. The van der Waals surface area contributed by atoms with Crippen molar-refractivity contribution in [2.45, 2.75) is 26.8 Å². The molecule has 2 aromatic rings. The van der Waals surface area contributed by atoms with Crippen molar-refractivity contribution >= 4 is 23.2 Å². The highest BCUT2D eigenvalue weighted by atomic mass is 35.5. The number of halogens is 1. The average molecular weight is 306 g/mol. The molecule has 2 rings (SSSR count). The van der Waals surface area contributed by atoms with Crippen LogP contribution in [0, 0.1) is 6.92 Å². The molecule has 0 radical (unpaired) electrons. The molecule has 0 aliphatic carbocycles. The Morgan fingerprint density at radius 3 is 2.81 bits per heavy atom. The Morgan fingerprint density at radius 2 is 2.14 bits per heavy atom. The van der Waals surface area contributed by atoms with E-state index >= 15 is 0 Å². The summed E-state index contributed by atoms with van der Waals surface area (Å²) in [5.41, 5.74) is 2.01. The predicted octanol–water partition coefficient (Wildman–Crippen LogP) is 2.41. The Labute approximate surface area is 127 Å². The van der Waals surface area contributed by atoms with Crippen molar-refractivity contribution in [3.05, 3.63) is 57.2 Å². The van der Waals surface area contributed by atoms with Gasteiger partial charge < -0.3 is 5.32 Å². The number of aryl methyl sites for hydroxylation is 2. The van der Waals surface area contributed by atoms with E-state index in [1.54, 1.807) is 12.1 Å². The Bertz CT molecular complexity index is 725. The molecule has 1 aromatic heterocycles. The van der Waals surface area contributed by atoms with Crippen LogP contribution < -0.4 is 10.9 Å². The zero-order valence-corrected chi connectivity index (χ0v) is 12.6. The van der Waals surface area contributed by atoms with E-state index in [9.17, 15) is 9.59 Å². The lowest BCUT2D eigenvalue weighted by Crippen LogP contribution is -2.28. The summed E-state index contributed by atoms with van der Waals surface area (Å²) >= 11 is 5.90. The first-order chi connectivity index (χ1) is 9.99. The molecule has 0 aliphatic heterocycles. The zero-order chi connectivity index (χ0) is 15.4. The third-order valence-electron chi connectivity index (χ3n) is 3.09. The van der Waals surface area contributed by atoms with Crippen molar-refractivity contribution in [2.75, 3.05) is 5.32 Å². The van der Waals surface area contributed by atoms with Crippen LogP contribution in [0.1, 0.15) is 18.2 Å². The Morgan fingerprint density at radius 1 is 1.38 bits per heavy atom. The molecule has 1 amide bonds. The van der Waals surface area contributed by atoms with E-state index in [0.29, 0.717) is 22.8 Å². The number of nitrogens with zero attached hydrogens (tertiary/aromatic N) is 2. The molecule has 5 nitrogen and oxygen atoms in total. The van der Waals surface area contributed by atoms with Crippen molar-refractivity contribution in [3.63, 3.8) is 0 Å². The Hall–Kier alpha value is -2.14. The first-order valence-electron chi connectivity index (χ1n) is 6.61. The second-order valence-electron chi connectivity index (χ2n) is 4.71. The van der Waals surface area contributed by atoms with Gasteiger partial charge in [-0.1, -0.05) is 24.6 Å². The highest BCUT2D eigenvalue weighted by Gasteiger charge is 2.08. The maximum Gasteiger partial charge on any atom is 0.253 e. The summed E-state index contributed by atoms with van der Waals surface area (Å²) in [6.45, 7) is 3.71. The molecular weight excluding hydrogens is 290 g/mol. The quantitative estimate of drug-likeness (QED) is 0.943. The molecule has 6 heteroatoms. The van der Waals surface area contributed by atoms with E-state index in [2.05, 4.69) is 10.3 Å². The number of hydrogen-bond donors (Lipinski definition) is 1. The molecule has 21 heavy (non-hydrogen) atoms. The molecule has 0 aliphatic rings. The lowest BCUT2D eigenvalue weighted by molar-refractivity contribution is -0.116. The molecule has 0 bridgehead atoms. The van der Waals surface area contributed by atoms with Crippen LogP contribution in [0.15, 0.2) is 35.4 Å². The predicted molar refractivity (Wildman–Crippen MR) is 82.7 cm³/mol. The fourth-order valence-corrected chi connectivity index (χ4v) is 2.02. The lowest BCUT2D eigenvalue weighted by Gasteiger charge is -2.10. The number of carbonyl (C=O) groups excluding carboxylic acids is 1. The largest absolute Gasteiger partial charge is 0.324 e. The fourth-order valence-electron chi connectivity index (χ4n) is 1.85. The summed E-state index contributed by atoms with van der Waals surface area (Å²) in [7, 11) is 0. The number of hydrogen-bond acceptors (Lipinski definition) is 3. The van der Waals surface area contributed by atoms with Gasteiger partial charge in [-0.25, -0.2) is 4.98 Å². The summed E-state index contributed by atoms with van der Waals surface area (Å²) in [6.07, 6.45) is 2.08. The second kappa shape index (κ2) is 6.54. The Balaban J connectivity index is 2.12. The molecule has 1 heterocycles. The minimum atomic E-state index is -0.298. The summed E-state index contributed by atoms with van der Waals surface area (Å²) in [5, 5.41) is 3.29. The van der Waals surface area contributed by atoms with Crippen LogP contribution in [0.2, 0.25) is 5.02 Å². The van der Waals surface area contributed by atoms with E-state index in [1.165, 1.54) is 17.0 Å². The average Bonchev–Trinajstić information content (AvgIpc) is 2.45. The maximum absolute atomic E-state index is 12.0. The van der Waals surface area contributed by atoms with Gasteiger partial charge >= 0.3 is 0 Å². The normalized spacial score (nSPS) is 10.4. The molecule has 1 N–H and O–H groups in total. The number of carbonyl (C=O) groups is 1.